The van der Waals surface area contributed by atoms with Crippen LogP contribution >= 0.6 is 0 Å². The van der Waals surface area contributed by atoms with E-state index in [1.54, 1.807) is 14.2 Å². The maximum absolute atomic E-state index is 12.8. The van der Waals surface area contributed by atoms with Gasteiger partial charge in [0.25, 0.3) is 0 Å². The number of amides is 1. The van der Waals surface area contributed by atoms with Gasteiger partial charge in [-0.25, -0.2) is 0 Å². The largest absolute Gasteiger partial charge is 0.497 e. The average molecular weight is 303 g/mol. The van der Waals surface area contributed by atoms with Gasteiger partial charge in [0, 0.05) is 24.1 Å². The third-order valence-electron chi connectivity index (χ3n) is 4.80. The van der Waals surface area contributed by atoms with Crippen molar-refractivity contribution in [3.05, 3.63) is 23.8 Å². The zero-order chi connectivity index (χ0) is 15.5. The van der Waals surface area contributed by atoms with Crippen LogP contribution in [0.2, 0.25) is 0 Å². The van der Waals surface area contributed by atoms with Gasteiger partial charge in [-0.15, -0.1) is 0 Å². The molecule has 2 saturated carbocycles. The lowest BCUT2D eigenvalue weighted by Crippen LogP contribution is -2.36. The van der Waals surface area contributed by atoms with Crippen molar-refractivity contribution in [2.75, 3.05) is 14.2 Å². The Labute approximate surface area is 132 Å². The summed E-state index contributed by atoms with van der Waals surface area (Å²) in [6.45, 7) is 0.625. The van der Waals surface area contributed by atoms with Crippen molar-refractivity contribution in [1.29, 1.82) is 0 Å². The van der Waals surface area contributed by atoms with E-state index in [9.17, 15) is 4.79 Å². The summed E-state index contributed by atoms with van der Waals surface area (Å²) >= 11 is 0. The van der Waals surface area contributed by atoms with E-state index in [2.05, 4.69) is 4.90 Å². The minimum absolute atomic E-state index is 0.234. The quantitative estimate of drug-likeness (QED) is 0.808. The fourth-order valence-electron chi connectivity index (χ4n) is 3.37. The second kappa shape index (κ2) is 6.59. The van der Waals surface area contributed by atoms with E-state index in [4.69, 9.17) is 9.47 Å². The molecule has 2 aliphatic carbocycles. The third-order valence-corrected chi connectivity index (χ3v) is 4.80. The second-order valence-electron chi connectivity index (χ2n) is 6.36. The van der Waals surface area contributed by atoms with Crippen molar-refractivity contribution < 1.29 is 14.3 Å². The fourth-order valence-corrected chi connectivity index (χ4v) is 3.37. The van der Waals surface area contributed by atoms with E-state index in [0.29, 0.717) is 18.5 Å². The van der Waals surface area contributed by atoms with Gasteiger partial charge in [-0.1, -0.05) is 12.8 Å². The molecule has 1 aromatic rings. The van der Waals surface area contributed by atoms with E-state index in [0.717, 1.165) is 42.7 Å². The first-order valence-electron chi connectivity index (χ1n) is 8.24. The summed E-state index contributed by atoms with van der Waals surface area (Å²) < 4.78 is 10.8. The molecule has 3 rings (SSSR count). The van der Waals surface area contributed by atoms with Gasteiger partial charge >= 0.3 is 0 Å². The highest BCUT2D eigenvalue weighted by Crippen LogP contribution is 2.35. The molecule has 0 N–H and O–H groups in total. The highest BCUT2D eigenvalue weighted by molar-refractivity contribution is 5.79. The van der Waals surface area contributed by atoms with Gasteiger partial charge in [0.05, 0.1) is 14.2 Å². The maximum Gasteiger partial charge on any atom is 0.226 e. The summed E-state index contributed by atoms with van der Waals surface area (Å²) in [6.07, 6.45) is 6.75. The van der Waals surface area contributed by atoms with Crippen LogP contribution < -0.4 is 9.47 Å². The summed E-state index contributed by atoms with van der Waals surface area (Å²) in [5.41, 5.74) is 1.03. The molecular weight excluding hydrogens is 278 g/mol. The molecule has 0 radical (unpaired) electrons. The predicted molar refractivity (Wildman–Crippen MR) is 85.1 cm³/mol. The number of ether oxygens (including phenoxy) is 2. The summed E-state index contributed by atoms with van der Waals surface area (Å²) in [6, 6.07) is 6.21. The molecule has 0 unspecified atom stereocenters. The number of hydrogen-bond acceptors (Lipinski definition) is 3. The Morgan fingerprint density at radius 3 is 2.45 bits per heavy atom. The van der Waals surface area contributed by atoms with Gasteiger partial charge in [-0.3, -0.25) is 4.79 Å². The molecule has 0 aromatic heterocycles. The fraction of sp³-hybridized carbons (Fsp3) is 0.611. The van der Waals surface area contributed by atoms with Crippen LogP contribution in [-0.2, 0) is 11.3 Å². The number of benzene rings is 1. The highest BCUT2D eigenvalue weighted by Gasteiger charge is 2.37. The molecule has 0 atom stereocenters. The molecule has 0 spiro atoms. The number of nitrogens with zero attached hydrogens (tertiary/aromatic N) is 1. The molecule has 22 heavy (non-hydrogen) atoms. The number of carbonyl (C=O) groups excluding carboxylic acids is 1. The van der Waals surface area contributed by atoms with Crippen molar-refractivity contribution >= 4 is 5.91 Å². The topological polar surface area (TPSA) is 38.8 Å². The maximum atomic E-state index is 12.8. The molecule has 2 fully saturated rings. The lowest BCUT2D eigenvalue weighted by atomic mass is 10.1. The number of carbonyl (C=O) groups is 1. The Hall–Kier alpha value is -1.71. The summed E-state index contributed by atoms with van der Waals surface area (Å²) in [5.74, 6) is 2.20. The van der Waals surface area contributed by atoms with Crippen LogP contribution in [0.25, 0.3) is 0 Å². The van der Waals surface area contributed by atoms with Gasteiger partial charge in [0.2, 0.25) is 5.91 Å². The van der Waals surface area contributed by atoms with E-state index < -0.39 is 0 Å². The molecule has 0 aliphatic heterocycles. The number of rotatable bonds is 6. The zero-order valence-electron chi connectivity index (χ0n) is 13.5. The van der Waals surface area contributed by atoms with E-state index >= 15 is 0 Å². The number of hydrogen-bond donors (Lipinski definition) is 0. The standard InChI is InChI=1S/C18H25NO3/c1-21-16-9-10-17(22-2)14(11-16)12-19(15-7-8-15)18(20)13-5-3-4-6-13/h9-11,13,15H,3-8,12H2,1-2H3. The first-order chi connectivity index (χ1) is 10.7. The van der Waals surface area contributed by atoms with Crippen molar-refractivity contribution in [2.24, 2.45) is 5.92 Å². The molecule has 4 heteroatoms. The van der Waals surface area contributed by atoms with Gasteiger partial charge in [0.15, 0.2) is 0 Å². The minimum Gasteiger partial charge on any atom is -0.497 e. The Morgan fingerprint density at radius 2 is 1.86 bits per heavy atom. The molecule has 0 bridgehead atoms. The van der Waals surface area contributed by atoms with Gasteiger partial charge in [-0.2, -0.15) is 0 Å². The van der Waals surface area contributed by atoms with Crippen LogP contribution in [0.4, 0.5) is 0 Å². The van der Waals surface area contributed by atoms with Crippen molar-refractivity contribution in [1.82, 2.24) is 4.90 Å². The molecule has 0 heterocycles. The monoisotopic (exact) mass is 303 g/mol. The predicted octanol–water partition coefficient (Wildman–Crippen LogP) is 3.39. The van der Waals surface area contributed by atoms with Crippen LogP contribution in [0.3, 0.4) is 0 Å². The number of methoxy groups -OCH3 is 2. The smallest absolute Gasteiger partial charge is 0.226 e. The van der Waals surface area contributed by atoms with Crippen molar-refractivity contribution in [2.45, 2.75) is 51.1 Å². The normalized spacial score (nSPS) is 18.3. The van der Waals surface area contributed by atoms with Gasteiger partial charge in [-0.05, 0) is 43.9 Å². The SMILES string of the molecule is COc1ccc(OC)c(CN(C(=O)C2CCCC2)C2CC2)c1. The molecule has 1 aromatic carbocycles. The lowest BCUT2D eigenvalue weighted by Gasteiger charge is -2.26. The summed E-state index contributed by atoms with van der Waals surface area (Å²) in [4.78, 5) is 14.9. The van der Waals surface area contributed by atoms with Gasteiger partial charge < -0.3 is 14.4 Å². The van der Waals surface area contributed by atoms with Crippen LogP contribution in [0, 0.1) is 5.92 Å². The Balaban J connectivity index is 1.80. The first kappa shape index (κ1) is 15.2. The van der Waals surface area contributed by atoms with E-state index in [1.165, 1.54) is 12.8 Å². The van der Waals surface area contributed by atoms with Gasteiger partial charge in [0.1, 0.15) is 11.5 Å². The molecule has 2 aliphatic rings. The van der Waals surface area contributed by atoms with E-state index in [1.807, 2.05) is 18.2 Å². The summed E-state index contributed by atoms with van der Waals surface area (Å²) in [5, 5.41) is 0. The minimum atomic E-state index is 0.234. The molecule has 1 amide bonds. The van der Waals surface area contributed by atoms with E-state index in [-0.39, 0.29) is 5.92 Å². The van der Waals surface area contributed by atoms with Crippen molar-refractivity contribution in [3.63, 3.8) is 0 Å². The Kier molecular flexibility index (Phi) is 4.55. The molecular formula is C18H25NO3. The summed E-state index contributed by atoms with van der Waals surface area (Å²) in [7, 11) is 3.33. The second-order valence-corrected chi connectivity index (χ2v) is 6.36. The average Bonchev–Trinajstić information content (AvgIpc) is 3.24. The van der Waals surface area contributed by atoms with Crippen molar-refractivity contribution in [3.8, 4) is 11.5 Å². The zero-order valence-corrected chi connectivity index (χ0v) is 13.5. The first-order valence-corrected chi connectivity index (χ1v) is 8.24. The molecule has 4 nitrogen and oxygen atoms in total. The molecule has 120 valence electrons. The van der Waals surface area contributed by atoms with Crippen LogP contribution in [0.1, 0.15) is 44.1 Å². The third kappa shape index (κ3) is 3.21. The Bertz CT molecular complexity index is 533. The molecule has 0 saturated heterocycles. The van der Waals surface area contributed by atoms with Crippen LogP contribution in [0.15, 0.2) is 18.2 Å². The van der Waals surface area contributed by atoms with Crippen LogP contribution in [0.5, 0.6) is 11.5 Å². The Morgan fingerprint density at radius 1 is 1.14 bits per heavy atom. The highest BCUT2D eigenvalue weighted by atomic mass is 16.5. The lowest BCUT2D eigenvalue weighted by molar-refractivity contribution is -0.136. The van der Waals surface area contributed by atoms with Crippen LogP contribution in [-0.4, -0.2) is 31.1 Å².